The van der Waals surface area contributed by atoms with Crippen molar-refractivity contribution in [1.82, 2.24) is 0 Å². The molecule has 0 amide bonds. The van der Waals surface area contributed by atoms with Crippen LogP contribution in [-0.4, -0.2) is 35.9 Å². The summed E-state index contributed by atoms with van der Waals surface area (Å²) in [5, 5.41) is 9.98. The van der Waals surface area contributed by atoms with Crippen LogP contribution in [0.1, 0.15) is 13.8 Å². The molecule has 12 heavy (non-hydrogen) atoms. The number of hydrogen-bond acceptors (Lipinski definition) is 4. The van der Waals surface area contributed by atoms with Crippen LogP contribution >= 0.6 is 0 Å². The summed E-state index contributed by atoms with van der Waals surface area (Å²) in [6.45, 7) is 2.70. The SMILES string of the molecule is CC(=O)/C=C(/C)[O-].C[O][Al+][O]C. The molecule has 0 N–H and O–H groups in total. The van der Waals surface area contributed by atoms with Crippen LogP contribution in [0.5, 0.6) is 0 Å². The van der Waals surface area contributed by atoms with Gasteiger partial charge in [0, 0.05) is 0 Å². The Kier molecular flexibility index (Phi) is 12.6. The van der Waals surface area contributed by atoms with Crippen molar-refractivity contribution in [1.29, 1.82) is 0 Å². The summed E-state index contributed by atoms with van der Waals surface area (Å²) in [4.78, 5) is 9.98. The molecule has 0 aromatic carbocycles. The molecule has 0 bridgehead atoms. The summed E-state index contributed by atoms with van der Waals surface area (Å²) in [5.74, 6) is -0.375. The van der Waals surface area contributed by atoms with E-state index >= 15 is 0 Å². The molecule has 0 unspecified atom stereocenters. The van der Waals surface area contributed by atoms with Crippen molar-refractivity contribution in [3.05, 3.63) is 11.8 Å². The molecule has 5 heteroatoms. The van der Waals surface area contributed by atoms with Crippen LogP contribution in [0.4, 0.5) is 0 Å². The Labute approximate surface area is 79.6 Å². The molecule has 0 saturated carbocycles. The van der Waals surface area contributed by atoms with Gasteiger partial charge in [0.2, 0.25) is 0 Å². The first-order valence-corrected chi connectivity index (χ1v) is 4.22. The van der Waals surface area contributed by atoms with Gasteiger partial charge in [-0.1, -0.05) is 6.92 Å². The van der Waals surface area contributed by atoms with Gasteiger partial charge in [-0.15, -0.1) is 5.76 Å². The molecule has 0 aromatic heterocycles. The molecule has 68 valence electrons. The van der Waals surface area contributed by atoms with Crippen molar-refractivity contribution in [2.45, 2.75) is 13.8 Å². The second-order valence-electron chi connectivity index (χ2n) is 1.93. The molecule has 0 rings (SSSR count). The quantitative estimate of drug-likeness (QED) is 0.345. The zero-order valence-electron chi connectivity index (χ0n) is 7.79. The number of carbonyl (C=O) groups excluding carboxylic acids is 1. The minimum absolute atomic E-state index is 0.185. The van der Waals surface area contributed by atoms with E-state index in [1.807, 2.05) is 0 Å². The first kappa shape index (κ1) is 14.2. The van der Waals surface area contributed by atoms with Gasteiger partial charge in [0.05, 0.1) is 0 Å². The normalized spacial score (nSPS) is 9.50. The Morgan fingerprint density at radius 3 is 1.75 bits per heavy atom. The fourth-order valence-corrected chi connectivity index (χ4v) is 0.575. The van der Waals surface area contributed by atoms with Gasteiger partial charge < -0.3 is 5.11 Å². The molecular weight excluding hydrogens is 175 g/mol. The predicted octanol–water partition coefficient (Wildman–Crippen LogP) is -0.347. The second kappa shape index (κ2) is 10.7. The number of carbonyl (C=O) groups is 1. The maximum atomic E-state index is 9.98. The molecule has 0 fully saturated rings. The third-order valence-corrected chi connectivity index (χ3v) is 0.984. The van der Waals surface area contributed by atoms with Gasteiger partial charge in [0.1, 0.15) is 0 Å². The predicted molar refractivity (Wildman–Crippen MR) is 44.2 cm³/mol. The molecular formula is C7H13AlO4. The van der Waals surface area contributed by atoms with E-state index in [1.165, 1.54) is 13.8 Å². The van der Waals surface area contributed by atoms with Gasteiger partial charge in [0.25, 0.3) is 0 Å². The van der Waals surface area contributed by atoms with Crippen molar-refractivity contribution < 1.29 is 17.5 Å². The van der Waals surface area contributed by atoms with Crippen LogP contribution in [0.2, 0.25) is 0 Å². The Hall–Kier alpha value is -0.338. The van der Waals surface area contributed by atoms with Crippen LogP contribution in [0.3, 0.4) is 0 Å². The Bertz CT molecular complexity index is 138. The van der Waals surface area contributed by atoms with E-state index in [0.717, 1.165) is 6.08 Å². The number of ketones is 1. The summed E-state index contributed by atoms with van der Waals surface area (Å²) in [6, 6.07) is 0. The van der Waals surface area contributed by atoms with Crippen molar-refractivity contribution >= 4 is 21.7 Å². The van der Waals surface area contributed by atoms with E-state index in [9.17, 15) is 9.90 Å². The van der Waals surface area contributed by atoms with Crippen LogP contribution in [0.15, 0.2) is 11.8 Å². The van der Waals surface area contributed by atoms with Crippen LogP contribution < -0.4 is 5.11 Å². The Morgan fingerprint density at radius 2 is 1.75 bits per heavy atom. The standard InChI is InChI=1S/C5H8O2.2CH3O.Al/c1-4(6)3-5(2)7;2*1-2;/h3,6H,1-2H3;2*1H3;/q;2*-1;+3/p-1/b4-3-;;;. The maximum absolute atomic E-state index is 9.98. The molecule has 0 aliphatic rings. The van der Waals surface area contributed by atoms with Crippen LogP contribution in [0, 0.1) is 0 Å². The van der Waals surface area contributed by atoms with Gasteiger partial charge in [0.15, 0.2) is 5.78 Å². The first-order valence-electron chi connectivity index (χ1n) is 3.27. The first-order chi connectivity index (χ1) is 5.54. The summed E-state index contributed by atoms with van der Waals surface area (Å²) < 4.78 is 9.10. The fourth-order valence-electron chi connectivity index (χ4n) is 0.382. The summed E-state index contributed by atoms with van der Waals surface area (Å²) >= 11 is -0.185. The average Bonchev–Trinajstić information content (AvgIpc) is 1.87. The molecule has 0 heterocycles. The van der Waals surface area contributed by atoms with E-state index in [0.29, 0.717) is 0 Å². The molecule has 0 aromatic rings. The molecule has 0 radical (unpaired) electrons. The van der Waals surface area contributed by atoms with E-state index in [-0.39, 0.29) is 27.4 Å². The topological polar surface area (TPSA) is 58.6 Å². The molecule has 0 saturated heterocycles. The third-order valence-electron chi connectivity index (χ3n) is 0.599. The summed E-state index contributed by atoms with van der Waals surface area (Å²) in [6.07, 6.45) is 1.06. The fraction of sp³-hybridized carbons (Fsp3) is 0.571. The van der Waals surface area contributed by atoms with Crippen LogP contribution in [-0.2, 0) is 12.4 Å². The average molecular weight is 188 g/mol. The van der Waals surface area contributed by atoms with Gasteiger partial charge in [-0.25, -0.2) is 0 Å². The van der Waals surface area contributed by atoms with Gasteiger partial charge >= 0.3 is 37.7 Å². The number of hydrogen-bond donors (Lipinski definition) is 0. The van der Waals surface area contributed by atoms with Crippen molar-refractivity contribution in [2.24, 2.45) is 0 Å². The van der Waals surface area contributed by atoms with Gasteiger partial charge in [-0.2, -0.15) is 0 Å². The molecule has 0 atom stereocenters. The molecule has 0 aliphatic heterocycles. The Morgan fingerprint density at radius 1 is 1.33 bits per heavy atom. The van der Waals surface area contributed by atoms with Gasteiger partial charge in [-0.05, 0) is 13.0 Å². The molecule has 0 aliphatic carbocycles. The molecule has 4 nitrogen and oxygen atoms in total. The summed E-state index contributed by atoms with van der Waals surface area (Å²) in [5.41, 5.74) is 0. The molecule has 0 spiro atoms. The van der Waals surface area contributed by atoms with E-state index in [2.05, 4.69) is 7.58 Å². The van der Waals surface area contributed by atoms with Crippen molar-refractivity contribution in [3.8, 4) is 0 Å². The zero-order valence-corrected chi connectivity index (χ0v) is 8.94. The van der Waals surface area contributed by atoms with Crippen molar-refractivity contribution in [2.75, 3.05) is 14.2 Å². The zero-order chi connectivity index (χ0) is 9.98. The summed E-state index contributed by atoms with van der Waals surface area (Å²) in [7, 11) is 3.25. The number of allylic oxidation sites excluding steroid dienone is 2. The van der Waals surface area contributed by atoms with E-state index < -0.39 is 0 Å². The monoisotopic (exact) mass is 188 g/mol. The van der Waals surface area contributed by atoms with E-state index in [4.69, 9.17) is 0 Å². The van der Waals surface area contributed by atoms with Crippen LogP contribution in [0.25, 0.3) is 0 Å². The Balaban J connectivity index is 0. The minimum atomic E-state index is -0.187. The third kappa shape index (κ3) is 22.6. The van der Waals surface area contributed by atoms with Gasteiger partial charge in [-0.3, -0.25) is 4.79 Å². The van der Waals surface area contributed by atoms with Crippen molar-refractivity contribution in [3.63, 3.8) is 0 Å². The number of rotatable bonds is 3. The second-order valence-corrected chi connectivity index (χ2v) is 3.07. The van der Waals surface area contributed by atoms with E-state index in [1.54, 1.807) is 14.2 Å².